The molecule has 7 heteroatoms. The maximum absolute atomic E-state index is 12.1. The predicted molar refractivity (Wildman–Crippen MR) is 92.5 cm³/mol. The van der Waals surface area contributed by atoms with E-state index in [4.69, 9.17) is 19.5 Å². The number of rotatable bonds is 6. The highest BCUT2D eigenvalue weighted by atomic mass is 79.9. The number of hydrogen-bond donors (Lipinski definition) is 1. The van der Waals surface area contributed by atoms with Gasteiger partial charge in [0.15, 0.2) is 18.1 Å². The van der Waals surface area contributed by atoms with Crippen LogP contribution < -0.4 is 19.5 Å². The van der Waals surface area contributed by atoms with E-state index in [2.05, 4.69) is 21.2 Å². The lowest BCUT2D eigenvalue weighted by molar-refractivity contribution is -0.118. The van der Waals surface area contributed by atoms with Crippen LogP contribution in [0.15, 0.2) is 40.9 Å². The molecule has 0 aromatic heterocycles. The maximum Gasteiger partial charge on any atom is 0.262 e. The van der Waals surface area contributed by atoms with E-state index in [0.717, 1.165) is 0 Å². The number of benzene rings is 2. The molecule has 2 aromatic rings. The Bertz CT molecular complexity index is 787. The Balaban J connectivity index is 2.08. The Morgan fingerprint density at radius 2 is 1.92 bits per heavy atom. The number of nitriles is 1. The SMILES string of the molecule is COc1ccccc1NC(=O)COc1c(Br)cc(C#N)cc1OC. The van der Waals surface area contributed by atoms with Gasteiger partial charge in [0.05, 0.1) is 36.0 Å². The molecule has 0 heterocycles. The van der Waals surface area contributed by atoms with E-state index in [0.29, 0.717) is 33.0 Å². The van der Waals surface area contributed by atoms with E-state index in [1.807, 2.05) is 12.1 Å². The molecule has 124 valence electrons. The zero-order valence-corrected chi connectivity index (χ0v) is 14.7. The number of hydrogen-bond acceptors (Lipinski definition) is 5. The van der Waals surface area contributed by atoms with E-state index >= 15 is 0 Å². The first-order valence-corrected chi connectivity index (χ1v) is 7.71. The number of nitrogens with zero attached hydrogens (tertiary/aromatic N) is 1. The summed E-state index contributed by atoms with van der Waals surface area (Å²) < 4.78 is 16.4. The molecule has 0 aliphatic rings. The van der Waals surface area contributed by atoms with Crippen molar-refractivity contribution in [1.82, 2.24) is 0 Å². The first kappa shape index (κ1) is 17.6. The van der Waals surface area contributed by atoms with Crippen LogP contribution in [0.25, 0.3) is 0 Å². The summed E-state index contributed by atoms with van der Waals surface area (Å²) >= 11 is 3.31. The third-order valence-electron chi connectivity index (χ3n) is 3.09. The monoisotopic (exact) mass is 390 g/mol. The smallest absolute Gasteiger partial charge is 0.262 e. The number of anilines is 1. The van der Waals surface area contributed by atoms with Gasteiger partial charge in [-0.05, 0) is 34.1 Å². The topological polar surface area (TPSA) is 80.6 Å². The van der Waals surface area contributed by atoms with Crippen LogP contribution in [0.3, 0.4) is 0 Å². The molecule has 2 rings (SSSR count). The van der Waals surface area contributed by atoms with E-state index in [-0.39, 0.29) is 12.5 Å². The van der Waals surface area contributed by atoms with Crippen molar-refractivity contribution in [3.63, 3.8) is 0 Å². The normalized spacial score (nSPS) is 9.75. The van der Waals surface area contributed by atoms with Crippen LogP contribution in [-0.4, -0.2) is 26.7 Å². The second kappa shape index (κ2) is 8.22. The highest BCUT2D eigenvalue weighted by Gasteiger charge is 2.14. The molecule has 0 saturated carbocycles. The van der Waals surface area contributed by atoms with Gasteiger partial charge < -0.3 is 19.5 Å². The second-order valence-electron chi connectivity index (χ2n) is 4.64. The number of nitrogens with one attached hydrogen (secondary N) is 1. The molecule has 24 heavy (non-hydrogen) atoms. The summed E-state index contributed by atoms with van der Waals surface area (Å²) in [6, 6.07) is 12.2. The summed E-state index contributed by atoms with van der Waals surface area (Å²) in [5, 5.41) is 11.7. The minimum Gasteiger partial charge on any atom is -0.495 e. The predicted octanol–water partition coefficient (Wildman–Crippen LogP) is 3.36. The molecule has 0 bridgehead atoms. The standard InChI is InChI=1S/C17H15BrN2O4/c1-22-14-6-4-3-5-13(14)20-16(21)10-24-17-12(18)7-11(9-19)8-15(17)23-2/h3-8H,10H2,1-2H3,(H,20,21). The van der Waals surface area contributed by atoms with Gasteiger partial charge >= 0.3 is 0 Å². The van der Waals surface area contributed by atoms with Gasteiger partial charge in [-0.25, -0.2) is 0 Å². The minimum atomic E-state index is -0.349. The van der Waals surface area contributed by atoms with Crippen molar-refractivity contribution < 1.29 is 19.0 Å². The molecule has 0 atom stereocenters. The largest absolute Gasteiger partial charge is 0.495 e. The molecule has 0 aliphatic carbocycles. The van der Waals surface area contributed by atoms with Crippen LogP contribution >= 0.6 is 15.9 Å². The molecular weight excluding hydrogens is 376 g/mol. The van der Waals surface area contributed by atoms with Crippen molar-refractivity contribution >= 4 is 27.5 Å². The van der Waals surface area contributed by atoms with Crippen LogP contribution in [0.2, 0.25) is 0 Å². The molecule has 2 aromatic carbocycles. The Labute approximate surface area is 148 Å². The molecule has 0 unspecified atom stereocenters. The van der Waals surface area contributed by atoms with Gasteiger partial charge in [-0.2, -0.15) is 5.26 Å². The van der Waals surface area contributed by atoms with Crippen molar-refractivity contribution in [2.24, 2.45) is 0 Å². The summed E-state index contributed by atoms with van der Waals surface area (Å²) in [7, 11) is 2.99. The van der Waals surface area contributed by atoms with Gasteiger partial charge in [0.25, 0.3) is 5.91 Å². The molecule has 0 radical (unpaired) electrons. The maximum atomic E-state index is 12.1. The molecule has 1 amide bonds. The summed E-state index contributed by atoms with van der Waals surface area (Å²) in [4.78, 5) is 12.1. The molecule has 0 aliphatic heterocycles. The summed E-state index contributed by atoms with van der Waals surface area (Å²) in [6.45, 7) is -0.223. The van der Waals surface area contributed by atoms with Gasteiger partial charge in [0, 0.05) is 6.07 Å². The van der Waals surface area contributed by atoms with Crippen molar-refractivity contribution in [2.45, 2.75) is 0 Å². The second-order valence-corrected chi connectivity index (χ2v) is 5.49. The fourth-order valence-electron chi connectivity index (χ4n) is 2.00. The number of amides is 1. The van der Waals surface area contributed by atoms with Crippen LogP contribution in [0.1, 0.15) is 5.56 Å². The fourth-order valence-corrected chi connectivity index (χ4v) is 2.55. The quantitative estimate of drug-likeness (QED) is 0.817. The third kappa shape index (κ3) is 4.18. The molecule has 0 saturated heterocycles. The van der Waals surface area contributed by atoms with Crippen LogP contribution in [0.4, 0.5) is 5.69 Å². The number of para-hydroxylation sites is 2. The average molecular weight is 391 g/mol. The lowest BCUT2D eigenvalue weighted by Crippen LogP contribution is -2.20. The molecular formula is C17H15BrN2O4. The van der Waals surface area contributed by atoms with E-state index in [1.54, 1.807) is 24.3 Å². The highest BCUT2D eigenvalue weighted by molar-refractivity contribution is 9.10. The number of halogens is 1. The number of carbonyl (C=O) groups is 1. The summed E-state index contributed by atoms with van der Waals surface area (Å²) in [5.41, 5.74) is 0.976. The van der Waals surface area contributed by atoms with E-state index < -0.39 is 0 Å². The molecule has 0 fully saturated rings. The molecule has 0 spiro atoms. The Hall–Kier alpha value is -2.72. The van der Waals surface area contributed by atoms with Gasteiger partial charge in [-0.1, -0.05) is 12.1 Å². The number of ether oxygens (including phenoxy) is 3. The minimum absolute atomic E-state index is 0.223. The zero-order chi connectivity index (χ0) is 17.5. The lowest BCUT2D eigenvalue weighted by Gasteiger charge is -2.13. The Morgan fingerprint density at radius 1 is 1.21 bits per heavy atom. The van der Waals surface area contributed by atoms with Gasteiger partial charge in [-0.3, -0.25) is 4.79 Å². The first-order valence-electron chi connectivity index (χ1n) is 6.92. The van der Waals surface area contributed by atoms with Crippen LogP contribution in [0.5, 0.6) is 17.2 Å². The number of carbonyl (C=O) groups excluding carboxylic acids is 1. The Kier molecular flexibility index (Phi) is 6.04. The third-order valence-corrected chi connectivity index (χ3v) is 3.68. The molecule has 6 nitrogen and oxygen atoms in total. The zero-order valence-electron chi connectivity index (χ0n) is 13.1. The van der Waals surface area contributed by atoms with Gasteiger partial charge in [-0.15, -0.1) is 0 Å². The number of methoxy groups -OCH3 is 2. The van der Waals surface area contributed by atoms with E-state index in [9.17, 15) is 4.79 Å². The van der Waals surface area contributed by atoms with Crippen molar-refractivity contribution in [1.29, 1.82) is 5.26 Å². The van der Waals surface area contributed by atoms with Crippen molar-refractivity contribution in [2.75, 3.05) is 26.1 Å². The highest BCUT2D eigenvalue weighted by Crippen LogP contribution is 2.36. The van der Waals surface area contributed by atoms with Crippen molar-refractivity contribution in [3.05, 3.63) is 46.4 Å². The molecule has 1 N–H and O–H groups in total. The van der Waals surface area contributed by atoms with Crippen LogP contribution in [0, 0.1) is 11.3 Å². The van der Waals surface area contributed by atoms with Crippen molar-refractivity contribution in [3.8, 4) is 23.3 Å². The van der Waals surface area contributed by atoms with E-state index in [1.165, 1.54) is 20.3 Å². The Morgan fingerprint density at radius 3 is 2.58 bits per heavy atom. The first-order chi connectivity index (χ1) is 11.6. The van der Waals surface area contributed by atoms with Gasteiger partial charge in [0.1, 0.15) is 5.75 Å². The average Bonchev–Trinajstić information content (AvgIpc) is 2.60. The fraction of sp³-hybridized carbons (Fsp3) is 0.176. The van der Waals surface area contributed by atoms with Gasteiger partial charge in [0.2, 0.25) is 0 Å². The summed E-state index contributed by atoms with van der Waals surface area (Å²) in [6.07, 6.45) is 0. The summed E-state index contributed by atoms with van der Waals surface area (Å²) in [5.74, 6) is 0.929. The van der Waals surface area contributed by atoms with Crippen LogP contribution in [-0.2, 0) is 4.79 Å². The lowest BCUT2D eigenvalue weighted by atomic mass is 10.2.